The van der Waals surface area contributed by atoms with Crippen LogP contribution in [0.15, 0.2) is 42.5 Å². The molecule has 0 heterocycles. The van der Waals surface area contributed by atoms with Gasteiger partial charge in [0.25, 0.3) is 0 Å². The van der Waals surface area contributed by atoms with Gasteiger partial charge in [-0.15, -0.1) is 0 Å². The third-order valence-electron chi connectivity index (χ3n) is 3.23. The number of carboxylic acids is 1. The number of ether oxygens (including phenoxy) is 1. The minimum Gasteiger partial charge on any atom is -0.497 e. The highest BCUT2D eigenvalue weighted by Crippen LogP contribution is 2.30. The molecule has 5 heteroatoms. The summed E-state index contributed by atoms with van der Waals surface area (Å²) in [6.07, 6.45) is 0.333. The molecular weight excluding hydrogens is 311 g/mol. The Bertz CT molecular complexity index is 638. The Kier molecular flexibility index (Phi) is 5.10. The van der Waals surface area contributed by atoms with Crippen molar-refractivity contribution in [1.29, 1.82) is 0 Å². The van der Waals surface area contributed by atoms with Gasteiger partial charge in [0.05, 0.1) is 13.0 Å². The molecular formula is C16H14Cl2O3. The van der Waals surface area contributed by atoms with Crippen LogP contribution >= 0.6 is 23.2 Å². The van der Waals surface area contributed by atoms with E-state index < -0.39 is 11.9 Å². The molecule has 0 spiro atoms. The predicted octanol–water partition coefficient (Wildman–Crippen LogP) is 4.41. The third-order valence-corrected chi connectivity index (χ3v) is 3.81. The van der Waals surface area contributed by atoms with Crippen molar-refractivity contribution >= 4 is 29.2 Å². The fourth-order valence-corrected chi connectivity index (χ4v) is 2.54. The average Bonchev–Trinajstić information content (AvgIpc) is 2.48. The summed E-state index contributed by atoms with van der Waals surface area (Å²) in [4.78, 5) is 11.6. The molecule has 0 fully saturated rings. The van der Waals surface area contributed by atoms with Crippen molar-refractivity contribution in [2.24, 2.45) is 0 Å². The molecule has 0 radical (unpaired) electrons. The van der Waals surface area contributed by atoms with Gasteiger partial charge >= 0.3 is 5.97 Å². The molecule has 0 saturated heterocycles. The Labute approximate surface area is 133 Å². The van der Waals surface area contributed by atoms with Crippen molar-refractivity contribution in [3.8, 4) is 5.75 Å². The van der Waals surface area contributed by atoms with Crippen LogP contribution in [0, 0.1) is 0 Å². The standard InChI is InChI=1S/C16H14Cl2O3/c1-21-12-5-2-10(3-6-12)8-14(16(19)20)13-9-11(17)4-7-15(13)18/h2-7,9,14H,8H2,1H3,(H,19,20). The van der Waals surface area contributed by atoms with E-state index in [1.54, 1.807) is 37.4 Å². The van der Waals surface area contributed by atoms with E-state index in [1.165, 1.54) is 0 Å². The zero-order valence-electron chi connectivity index (χ0n) is 11.3. The molecule has 1 unspecified atom stereocenters. The quantitative estimate of drug-likeness (QED) is 0.885. The van der Waals surface area contributed by atoms with Crippen LogP contribution in [-0.2, 0) is 11.2 Å². The Balaban J connectivity index is 2.30. The maximum absolute atomic E-state index is 11.6. The molecule has 0 aliphatic heterocycles. The highest BCUT2D eigenvalue weighted by atomic mass is 35.5. The first-order chi connectivity index (χ1) is 10.0. The van der Waals surface area contributed by atoms with Crippen LogP contribution in [0.4, 0.5) is 0 Å². The minimum atomic E-state index is -0.935. The summed E-state index contributed by atoms with van der Waals surface area (Å²) in [7, 11) is 1.58. The van der Waals surface area contributed by atoms with Crippen LogP contribution in [0.25, 0.3) is 0 Å². The summed E-state index contributed by atoms with van der Waals surface area (Å²) < 4.78 is 5.09. The fraction of sp³-hybridized carbons (Fsp3) is 0.188. The van der Waals surface area contributed by atoms with Gasteiger partial charge in [0, 0.05) is 10.0 Å². The zero-order valence-corrected chi connectivity index (χ0v) is 12.9. The summed E-state index contributed by atoms with van der Waals surface area (Å²) in [5.41, 5.74) is 1.41. The van der Waals surface area contributed by atoms with E-state index in [1.807, 2.05) is 12.1 Å². The van der Waals surface area contributed by atoms with E-state index in [9.17, 15) is 9.90 Å². The molecule has 0 amide bonds. The highest BCUT2D eigenvalue weighted by molar-refractivity contribution is 6.33. The first-order valence-electron chi connectivity index (χ1n) is 6.32. The maximum atomic E-state index is 11.6. The lowest BCUT2D eigenvalue weighted by molar-refractivity contribution is -0.138. The minimum absolute atomic E-state index is 0.333. The number of benzene rings is 2. The fourth-order valence-electron chi connectivity index (χ4n) is 2.11. The number of halogens is 2. The smallest absolute Gasteiger partial charge is 0.311 e. The second-order valence-electron chi connectivity index (χ2n) is 4.61. The number of carbonyl (C=O) groups is 1. The molecule has 3 nitrogen and oxygen atoms in total. The lowest BCUT2D eigenvalue weighted by atomic mass is 9.92. The molecule has 0 saturated carbocycles. The first kappa shape index (κ1) is 15.7. The number of aliphatic carboxylic acids is 1. The van der Waals surface area contributed by atoms with Crippen molar-refractivity contribution in [2.75, 3.05) is 7.11 Å². The summed E-state index contributed by atoms with van der Waals surface area (Å²) in [5, 5.41) is 10.3. The van der Waals surface area contributed by atoms with Gasteiger partial charge in [-0.2, -0.15) is 0 Å². The van der Waals surface area contributed by atoms with E-state index in [0.717, 1.165) is 11.3 Å². The lowest BCUT2D eigenvalue weighted by Crippen LogP contribution is -2.15. The normalized spacial score (nSPS) is 12.0. The predicted molar refractivity (Wildman–Crippen MR) is 83.5 cm³/mol. The van der Waals surface area contributed by atoms with Crippen LogP contribution < -0.4 is 4.74 Å². The Hall–Kier alpha value is -1.71. The summed E-state index contributed by atoms with van der Waals surface area (Å²) in [5.74, 6) is -0.953. The molecule has 0 bridgehead atoms. The van der Waals surface area contributed by atoms with Crippen molar-refractivity contribution in [2.45, 2.75) is 12.3 Å². The van der Waals surface area contributed by atoms with Gasteiger partial charge in [-0.1, -0.05) is 35.3 Å². The first-order valence-corrected chi connectivity index (χ1v) is 7.07. The van der Waals surface area contributed by atoms with Gasteiger partial charge in [-0.05, 0) is 47.9 Å². The van der Waals surface area contributed by atoms with E-state index >= 15 is 0 Å². The number of carboxylic acid groups (broad SMARTS) is 1. The van der Waals surface area contributed by atoms with Crippen molar-refractivity contribution in [3.63, 3.8) is 0 Å². The lowest BCUT2D eigenvalue weighted by Gasteiger charge is -2.15. The molecule has 0 aliphatic carbocycles. The SMILES string of the molecule is COc1ccc(CC(C(=O)O)c2cc(Cl)ccc2Cl)cc1. The maximum Gasteiger partial charge on any atom is 0.311 e. The molecule has 1 atom stereocenters. The molecule has 2 rings (SSSR count). The molecule has 0 aliphatic rings. The largest absolute Gasteiger partial charge is 0.497 e. The van der Waals surface area contributed by atoms with Crippen LogP contribution in [0.5, 0.6) is 5.75 Å². The number of hydrogen-bond acceptors (Lipinski definition) is 2. The molecule has 2 aromatic rings. The highest BCUT2D eigenvalue weighted by Gasteiger charge is 2.23. The molecule has 110 valence electrons. The van der Waals surface area contributed by atoms with Gasteiger partial charge in [0.1, 0.15) is 5.75 Å². The molecule has 1 N–H and O–H groups in total. The Morgan fingerprint density at radius 2 is 1.86 bits per heavy atom. The third kappa shape index (κ3) is 3.90. The van der Waals surface area contributed by atoms with E-state index in [-0.39, 0.29) is 0 Å². The number of methoxy groups -OCH3 is 1. The van der Waals surface area contributed by atoms with Crippen molar-refractivity contribution < 1.29 is 14.6 Å². The van der Waals surface area contributed by atoms with Crippen LogP contribution in [0.1, 0.15) is 17.0 Å². The van der Waals surface area contributed by atoms with E-state index in [2.05, 4.69) is 0 Å². The molecule has 2 aromatic carbocycles. The van der Waals surface area contributed by atoms with Crippen molar-refractivity contribution in [1.82, 2.24) is 0 Å². The van der Waals surface area contributed by atoms with Crippen LogP contribution in [0.2, 0.25) is 10.0 Å². The van der Waals surface area contributed by atoms with E-state index in [0.29, 0.717) is 22.0 Å². The number of rotatable bonds is 5. The van der Waals surface area contributed by atoms with Gasteiger partial charge in [-0.3, -0.25) is 4.79 Å². The van der Waals surface area contributed by atoms with E-state index in [4.69, 9.17) is 27.9 Å². The van der Waals surface area contributed by atoms with Crippen LogP contribution in [-0.4, -0.2) is 18.2 Å². The summed E-state index contributed by atoms with van der Waals surface area (Å²) in [6.45, 7) is 0. The van der Waals surface area contributed by atoms with Gasteiger partial charge < -0.3 is 9.84 Å². The monoisotopic (exact) mass is 324 g/mol. The van der Waals surface area contributed by atoms with Gasteiger partial charge in [-0.25, -0.2) is 0 Å². The average molecular weight is 325 g/mol. The second kappa shape index (κ2) is 6.83. The molecule has 0 aromatic heterocycles. The topological polar surface area (TPSA) is 46.5 Å². The Morgan fingerprint density at radius 3 is 2.43 bits per heavy atom. The van der Waals surface area contributed by atoms with Gasteiger partial charge in [0.15, 0.2) is 0 Å². The van der Waals surface area contributed by atoms with Crippen LogP contribution in [0.3, 0.4) is 0 Å². The van der Waals surface area contributed by atoms with Crippen molar-refractivity contribution in [3.05, 3.63) is 63.6 Å². The summed E-state index contributed by atoms with van der Waals surface area (Å²) >= 11 is 12.0. The zero-order chi connectivity index (χ0) is 15.4. The molecule has 21 heavy (non-hydrogen) atoms. The summed E-state index contributed by atoms with van der Waals surface area (Å²) in [6, 6.07) is 12.1. The van der Waals surface area contributed by atoms with Gasteiger partial charge in [0.2, 0.25) is 0 Å². The second-order valence-corrected chi connectivity index (χ2v) is 5.45. The Morgan fingerprint density at radius 1 is 1.19 bits per heavy atom. The number of hydrogen-bond donors (Lipinski definition) is 1.